The van der Waals surface area contributed by atoms with E-state index in [1.54, 1.807) is 13.3 Å². The summed E-state index contributed by atoms with van der Waals surface area (Å²) in [6, 6.07) is -0.962. The van der Waals surface area contributed by atoms with E-state index < -0.39 is 29.2 Å². The molecule has 17 heteroatoms. The number of rotatable bonds is 9. The van der Waals surface area contributed by atoms with Crippen LogP contribution in [0.25, 0.3) is 4.83 Å². The van der Waals surface area contributed by atoms with E-state index >= 15 is 0 Å². The lowest BCUT2D eigenvalue weighted by Crippen LogP contribution is -2.71. The first kappa shape index (κ1) is 25.1. The van der Waals surface area contributed by atoms with Crippen LogP contribution in [-0.2, 0) is 32.4 Å². The smallest absolute Gasteiger partial charge is 0.352 e. The number of anilines is 1. The van der Waals surface area contributed by atoms with Gasteiger partial charge in [-0.15, -0.1) is 11.8 Å². The summed E-state index contributed by atoms with van der Waals surface area (Å²) in [6.07, 6.45) is 3.63. The van der Waals surface area contributed by atoms with Gasteiger partial charge in [0.15, 0.2) is 5.13 Å². The number of oxime groups is 1. The van der Waals surface area contributed by atoms with Crippen LogP contribution in [-0.4, -0.2) is 76.1 Å². The normalized spacial score (nSPS) is 19.7. The van der Waals surface area contributed by atoms with Gasteiger partial charge in [0, 0.05) is 28.2 Å². The number of nitrogen functional groups attached to an aromatic ring is 1. The Bertz CT molecular complexity index is 1460. The molecule has 0 bridgehead atoms. The van der Waals surface area contributed by atoms with Crippen molar-refractivity contribution in [2.24, 2.45) is 5.16 Å². The molecule has 37 heavy (non-hydrogen) atoms. The number of hydrogen-bond donors (Lipinski definition) is 4. The average molecular weight is 566 g/mol. The predicted molar refractivity (Wildman–Crippen MR) is 134 cm³/mol. The van der Waals surface area contributed by atoms with E-state index in [9.17, 15) is 24.6 Å². The molecule has 1 saturated heterocycles. The van der Waals surface area contributed by atoms with Gasteiger partial charge in [0.1, 0.15) is 48.8 Å². The van der Waals surface area contributed by atoms with Crippen LogP contribution < -0.4 is 15.6 Å². The number of amides is 2. The lowest BCUT2D eigenvalue weighted by Gasteiger charge is -2.49. The van der Waals surface area contributed by atoms with Crippen LogP contribution in [0.2, 0.25) is 0 Å². The van der Waals surface area contributed by atoms with Crippen LogP contribution in [0.3, 0.4) is 0 Å². The third-order valence-corrected chi connectivity index (χ3v) is 8.44. The molecule has 3 aromatic heterocycles. The maximum atomic E-state index is 13.0. The molecule has 0 unspecified atom stereocenters. The van der Waals surface area contributed by atoms with E-state index in [0.717, 1.165) is 22.1 Å². The fourth-order valence-electron chi connectivity index (χ4n) is 4.01. The van der Waals surface area contributed by atoms with Crippen molar-refractivity contribution in [3.8, 4) is 0 Å². The van der Waals surface area contributed by atoms with Crippen LogP contribution in [0.5, 0.6) is 0 Å². The van der Waals surface area contributed by atoms with Crippen molar-refractivity contribution < 1.29 is 34.0 Å². The maximum Gasteiger partial charge on any atom is 0.352 e. The second-order valence-electron chi connectivity index (χ2n) is 7.94. The molecule has 5 heterocycles. The van der Waals surface area contributed by atoms with Crippen LogP contribution in [0, 0.1) is 0 Å². The lowest BCUT2D eigenvalue weighted by atomic mass is 10.0. The molecule has 5 rings (SSSR count). The minimum Gasteiger partial charge on any atom is -0.477 e. The Labute approximate surface area is 221 Å². The number of nitrogens with zero attached hydrogens (tertiary/aromatic N) is 6. The highest BCUT2D eigenvalue weighted by molar-refractivity contribution is 8.00. The number of imidazole rings is 1. The van der Waals surface area contributed by atoms with Gasteiger partial charge in [-0.3, -0.25) is 14.5 Å². The summed E-state index contributed by atoms with van der Waals surface area (Å²) in [5.74, 6) is -2.20. The molecular weight excluding hydrogens is 544 g/mol. The summed E-state index contributed by atoms with van der Waals surface area (Å²) in [4.78, 5) is 49.2. The van der Waals surface area contributed by atoms with Gasteiger partial charge in [0.25, 0.3) is 11.8 Å². The minimum absolute atomic E-state index is 0.0318. The first-order valence-corrected chi connectivity index (χ1v) is 13.6. The minimum atomic E-state index is -1.23. The molecule has 2 atom stereocenters. The van der Waals surface area contributed by atoms with Crippen molar-refractivity contribution in [2.75, 3.05) is 18.1 Å². The van der Waals surface area contributed by atoms with E-state index in [-0.39, 0.29) is 42.1 Å². The van der Waals surface area contributed by atoms with E-state index in [4.69, 9.17) is 10.6 Å². The molecule has 5 N–H and O–H groups in total. The first-order valence-electron chi connectivity index (χ1n) is 10.9. The van der Waals surface area contributed by atoms with Gasteiger partial charge in [-0.05, 0) is 6.92 Å². The Morgan fingerprint density at radius 3 is 2.92 bits per heavy atom. The number of carbonyl (C=O) groups excluding carboxylic acids is 2. The van der Waals surface area contributed by atoms with Gasteiger partial charge in [0.2, 0.25) is 22.7 Å². The highest BCUT2D eigenvalue weighted by atomic mass is 32.2. The second kappa shape index (κ2) is 10.1. The molecule has 2 amide bonds. The number of aromatic nitrogens is 4. The number of thioether (sulfide) groups is 1. The number of hydrogen-bond acceptors (Lipinski definition) is 12. The molecule has 0 aliphatic carbocycles. The zero-order valence-electron chi connectivity index (χ0n) is 19.2. The van der Waals surface area contributed by atoms with E-state index in [1.807, 2.05) is 20.5 Å². The van der Waals surface area contributed by atoms with Gasteiger partial charge < -0.3 is 26.1 Å². The van der Waals surface area contributed by atoms with Crippen molar-refractivity contribution in [2.45, 2.75) is 31.5 Å². The average Bonchev–Trinajstić information content (AvgIpc) is 3.58. The number of fused-ring (bicyclic) bond motifs is 2. The summed E-state index contributed by atoms with van der Waals surface area (Å²) >= 11 is 3.70. The number of carboxylic acid groups (broad SMARTS) is 1. The first-order chi connectivity index (χ1) is 17.8. The number of aliphatic carboxylic acids is 1. The molecule has 2 aliphatic rings. The van der Waals surface area contributed by atoms with Gasteiger partial charge in [-0.2, -0.15) is 13.8 Å². The Morgan fingerprint density at radius 2 is 2.24 bits per heavy atom. The number of nitrogens with one attached hydrogen (secondary N) is 1. The third-order valence-electron chi connectivity index (χ3n) is 5.63. The Hall–Kier alpha value is -3.54. The fraction of sp³-hybridized carbons (Fsp3) is 0.350. The van der Waals surface area contributed by atoms with E-state index in [0.29, 0.717) is 11.3 Å². The predicted octanol–water partition coefficient (Wildman–Crippen LogP) is -0.606. The van der Waals surface area contributed by atoms with Gasteiger partial charge in [-0.1, -0.05) is 16.5 Å². The topological polar surface area (TPSA) is 189 Å². The highest BCUT2D eigenvalue weighted by Crippen LogP contribution is 2.40. The number of nitrogens with two attached hydrogens (primary N) is 1. The molecule has 1 fully saturated rings. The third kappa shape index (κ3) is 4.54. The van der Waals surface area contributed by atoms with Crippen LogP contribution in [0.4, 0.5) is 5.13 Å². The summed E-state index contributed by atoms with van der Waals surface area (Å²) in [5, 5.41) is 27.2. The Kier molecular flexibility index (Phi) is 6.84. The summed E-state index contributed by atoms with van der Waals surface area (Å²) < 4.78 is 7.63. The molecule has 2 aliphatic heterocycles. The van der Waals surface area contributed by atoms with Crippen molar-refractivity contribution in [1.29, 1.82) is 0 Å². The maximum absolute atomic E-state index is 13.0. The van der Waals surface area contributed by atoms with Crippen LogP contribution in [0.15, 0.2) is 34.3 Å². The van der Waals surface area contributed by atoms with Crippen LogP contribution >= 0.6 is 34.6 Å². The van der Waals surface area contributed by atoms with Crippen molar-refractivity contribution in [3.63, 3.8) is 0 Å². The number of β-lactam (4-membered cyclic amide) rings is 1. The van der Waals surface area contributed by atoms with Gasteiger partial charge >= 0.3 is 5.97 Å². The lowest BCUT2D eigenvalue weighted by molar-refractivity contribution is -0.687. The molecule has 14 nitrogen and oxygen atoms in total. The van der Waals surface area contributed by atoms with Crippen LogP contribution in [0.1, 0.15) is 18.4 Å². The summed E-state index contributed by atoms with van der Waals surface area (Å²) in [5.41, 5.74) is 6.57. The number of aliphatic hydroxyl groups is 1. The van der Waals surface area contributed by atoms with Crippen molar-refractivity contribution in [3.05, 3.63) is 40.7 Å². The quantitative estimate of drug-likeness (QED) is 0.113. The Balaban J connectivity index is 1.35. The largest absolute Gasteiger partial charge is 0.477 e. The van der Waals surface area contributed by atoms with Crippen molar-refractivity contribution >= 4 is 68.1 Å². The highest BCUT2D eigenvalue weighted by Gasteiger charge is 2.54. The summed E-state index contributed by atoms with van der Waals surface area (Å²) in [6.45, 7) is 2.02. The standard InChI is InChI=1S/C20H20N8O6S3/c1-2-34-24-12(15-23-20(21)37-25-15)16(30)22-13-17(31)28-14(19(32)33)9(6-36-18(13)28)3-26-4-11-27(8-26)10(5-29)7-35-11/h4,7-8,13,18,29H,2-3,5-6H2,1H3,(H3-,21,22,23,25,30,32,33)/p+1/b24-12-/t13-,18-/m1/s1. The SMILES string of the molecule is CCO/N=C(\C(=O)N[C@@H]1C(=O)N2C(C(=O)O)=C(C[n+]3cc4scc(CO)n4c3)CS[C@H]12)c1nsc(N)n1. The monoisotopic (exact) mass is 565 g/mol. The number of aliphatic hydroxyl groups excluding tert-OH is 1. The molecule has 194 valence electrons. The van der Waals surface area contributed by atoms with Gasteiger partial charge in [-0.25, -0.2) is 9.36 Å². The fourth-order valence-corrected chi connectivity index (χ4v) is 6.70. The Morgan fingerprint density at radius 1 is 1.43 bits per heavy atom. The molecule has 0 saturated carbocycles. The summed E-state index contributed by atoms with van der Waals surface area (Å²) in [7, 11) is 0. The number of carbonyl (C=O) groups is 3. The molecular formula is C20H21N8O6S3+. The van der Waals surface area contributed by atoms with Gasteiger partial charge in [0.05, 0.1) is 0 Å². The van der Waals surface area contributed by atoms with Crippen molar-refractivity contribution in [1.82, 2.24) is 24.0 Å². The molecule has 3 aromatic rings. The van der Waals surface area contributed by atoms with E-state index in [2.05, 4.69) is 19.8 Å². The zero-order valence-corrected chi connectivity index (χ0v) is 21.7. The van der Waals surface area contributed by atoms with E-state index in [1.165, 1.54) is 28.0 Å². The second-order valence-corrected chi connectivity index (χ2v) is 10.7. The number of thiazole rings is 1. The molecule has 0 aromatic carbocycles. The zero-order chi connectivity index (χ0) is 26.3. The molecule has 0 spiro atoms. The molecule has 0 radical (unpaired) electrons. The number of carboxylic acids is 1.